The number of esters is 1. The molecule has 0 atom stereocenters. The van der Waals surface area contributed by atoms with Crippen LogP contribution in [0.3, 0.4) is 0 Å². The van der Waals surface area contributed by atoms with E-state index in [0.717, 1.165) is 55.2 Å². The molecule has 0 bridgehead atoms. The third kappa shape index (κ3) is 9.42. The summed E-state index contributed by atoms with van der Waals surface area (Å²) in [6, 6.07) is 14.0. The highest BCUT2D eigenvalue weighted by molar-refractivity contribution is 5.84. The fourth-order valence-corrected chi connectivity index (χ4v) is 4.98. The van der Waals surface area contributed by atoms with Crippen molar-refractivity contribution in [1.29, 1.82) is 0 Å². The summed E-state index contributed by atoms with van der Waals surface area (Å²) in [7, 11) is 0. The normalized spacial score (nSPS) is 11.0. The third-order valence-corrected chi connectivity index (χ3v) is 7.19. The molecule has 2 aromatic carbocycles. The van der Waals surface area contributed by atoms with E-state index in [1.165, 1.54) is 55.7 Å². The van der Waals surface area contributed by atoms with Gasteiger partial charge in [0.1, 0.15) is 11.3 Å². The van der Waals surface area contributed by atoms with Gasteiger partial charge in [0.15, 0.2) is 0 Å². The zero-order chi connectivity index (χ0) is 27.9. The Morgan fingerprint density at radius 2 is 1.41 bits per heavy atom. The first-order chi connectivity index (χ1) is 19.1. The summed E-state index contributed by atoms with van der Waals surface area (Å²) in [6.45, 7) is 8.78. The van der Waals surface area contributed by atoms with Gasteiger partial charge in [0, 0.05) is 17.5 Å². The number of fused-ring (bicyclic) bond motifs is 1. The summed E-state index contributed by atoms with van der Waals surface area (Å²) < 4.78 is 16.7. The standard InChI is InChI=1S/C34H44O5/c1-4-26-18-17-19-27(5-2)33(26)30-24-28-20-21-29(25-31(28)39-34(30)36)37-22-15-13-11-9-7-8-10-12-14-16-23-38-32(35)6-3/h6,17-21,24-25H,3-5,7-16,22-23H2,1-2H3. The second-order valence-electron chi connectivity index (χ2n) is 10.1. The number of ether oxygens (including phenoxy) is 2. The average Bonchev–Trinajstić information content (AvgIpc) is 2.96. The zero-order valence-corrected chi connectivity index (χ0v) is 23.8. The van der Waals surface area contributed by atoms with Gasteiger partial charge < -0.3 is 13.9 Å². The van der Waals surface area contributed by atoms with Gasteiger partial charge in [0.25, 0.3) is 0 Å². The molecule has 0 saturated carbocycles. The van der Waals surface area contributed by atoms with Crippen molar-refractivity contribution in [2.75, 3.05) is 13.2 Å². The molecular weight excluding hydrogens is 488 g/mol. The highest BCUT2D eigenvalue weighted by Crippen LogP contribution is 2.30. The number of aryl methyl sites for hydroxylation is 2. The molecule has 39 heavy (non-hydrogen) atoms. The second-order valence-corrected chi connectivity index (χ2v) is 10.1. The summed E-state index contributed by atoms with van der Waals surface area (Å²) in [4.78, 5) is 23.9. The van der Waals surface area contributed by atoms with Crippen LogP contribution in [-0.4, -0.2) is 19.2 Å². The van der Waals surface area contributed by atoms with Gasteiger partial charge in [-0.25, -0.2) is 9.59 Å². The van der Waals surface area contributed by atoms with E-state index in [1.807, 2.05) is 24.3 Å². The van der Waals surface area contributed by atoms with Crippen molar-refractivity contribution < 1.29 is 18.7 Å². The lowest BCUT2D eigenvalue weighted by atomic mass is 9.92. The molecule has 3 rings (SSSR count). The van der Waals surface area contributed by atoms with Crippen LogP contribution in [0.5, 0.6) is 5.75 Å². The lowest BCUT2D eigenvalue weighted by Crippen LogP contribution is -2.07. The Bertz CT molecular complexity index is 1230. The van der Waals surface area contributed by atoms with Crippen LogP contribution >= 0.6 is 0 Å². The topological polar surface area (TPSA) is 65.7 Å². The van der Waals surface area contributed by atoms with Gasteiger partial charge in [-0.15, -0.1) is 0 Å². The van der Waals surface area contributed by atoms with Crippen molar-refractivity contribution in [3.05, 3.63) is 76.7 Å². The van der Waals surface area contributed by atoms with E-state index in [1.54, 1.807) is 0 Å². The molecule has 0 spiro atoms. The smallest absolute Gasteiger partial charge is 0.344 e. The van der Waals surface area contributed by atoms with Crippen molar-refractivity contribution in [2.24, 2.45) is 0 Å². The predicted octanol–water partition coefficient (Wildman–Crippen LogP) is 8.59. The van der Waals surface area contributed by atoms with Gasteiger partial charge >= 0.3 is 11.6 Å². The minimum atomic E-state index is -0.334. The lowest BCUT2D eigenvalue weighted by molar-refractivity contribution is -0.137. The maximum atomic E-state index is 13.0. The van der Waals surface area contributed by atoms with Crippen LogP contribution in [0, 0.1) is 0 Å². The van der Waals surface area contributed by atoms with Crippen LogP contribution in [0.25, 0.3) is 22.1 Å². The average molecular weight is 533 g/mol. The number of hydrogen-bond donors (Lipinski definition) is 0. The molecule has 0 fully saturated rings. The van der Waals surface area contributed by atoms with Crippen molar-refractivity contribution in [3.8, 4) is 16.9 Å². The van der Waals surface area contributed by atoms with E-state index in [-0.39, 0.29) is 11.6 Å². The van der Waals surface area contributed by atoms with E-state index in [0.29, 0.717) is 24.4 Å². The van der Waals surface area contributed by atoms with Gasteiger partial charge in [0.2, 0.25) is 0 Å². The summed E-state index contributed by atoms with van der Waals surface area (Å²) in [6.07, 6.45) is 14.6. The molecule has 0 unspecified atom stereocenters. The first-order valence-corrected chi connectivity index (χ1v) is 14.7. The van der Waals surface area contributed by atoms with Crippen LogP contribution < -0.4 is 10.4 Å². The van der Waals surface area contributed by atoms with Gasteiger partial charge in [-0.3, -0.25) is 0 Å². The number of unbranched alkanes of at least 4 members (excludes halogenated alkanes) is 9. The van der Waals surface area contributed by atoms with E-state index < -0.39 is 0 Å². The SMILES string of the molecule is C=CC(=O)OCCCCCCCCCCCCOc1ccc2cc(-c3c(CC)cccc3CC)c(=O)oc2c1. The van der Waals surface area contributed by atoms with Crippen LogP contribution in [0.15, 0.2) is 64.3 Å². The molecule has 1 aromatic heterocycles. The van der Waals surface area contributed by atoms with E-state index in [2.05, 4.69) is 38.6 Å². The maximum Gasteiger partial charge on any atom is 0.344 e. The quantitative estimate of drug-likeness (QED) is 0.0710. The van der Waals surface area contributed by atoms with E-state index >= 15 is 0 Å². The Kier molecular flexibility index (Phi) is 12.8. The lowest BCUT2D eigenvalue weighted by Gasteiger charge is -2.13. The highest BCUT2D eigenvalue weighted by Gasteiger charge is 2.15. The molecule has 5 nitrogen and oxygen atoms in total. The molecule has 0 N–H and O–H groups in total. The van der Waals surface area contributed by atoms with Gasteiger partial charge in [0.05, 0.1) is 18.8 Å². The molecular formula is C34H44O5. The summed E-state index contributed by atoms with van der Waals surface area (Å²) in [5, 5.41) is 0.904. The second kappa shape index (κ2) is 16.6. The molecule has 0 aliphatic heterocycles. The minimum absolute atomic E-state index is 0.302. The monoisotopic (exact) mass is 532 g/mol. The predicted molar refractivity (Wildman–Crippen MR) is 159 cm³/mol. The molecule has 0 radical (unpaired) electrons. The van der Waals surface area contributed by atoms with Crippen molar-refractivity contribution in [2.45, 2.75) is 90.9 Å². The molecule has 1 heterocycles. The Labute approximate surface area is 233 Å². The van der Waals surface area contributed by atoms with Crippen molar-refractivity contribution in [1.82, 2.24) is 0 Å². The van der Waals surface area contributed by atoms with Gasteiger partial charge in [-0.05, 0) is 60.6 Å². The number of carbonyl (C=O) groups is 1. The molecule has 0 aliphatic rings. The summed E-state index contributed by atoms with van der Waals surface area (Å²) >= 11 is 0. The molecule has 0 saturated heterocycles. The summed E-state index contributed by atoms with van der Waals surface area (Å²) in [5.41, 5.74) is 4.25. The highest BCUT2D eigenvalue weighted by atomic mass is 16.5. The van der Waals surface area contributed by atoms with Crippen LogP contribution in [-0.2, 0) is 22.4 Å². The van der Waals surface area contributed by atoms with Crippen molar-refractivity contribution in [3.63, 3.8) is 0 Å². The van der Waals surface area contributed by atoms with Crippen LogP contribution in [0.2, 0.25) is 0 Å². The first kappa shape index (κ1) is 30.2. The molecule has 210 valence electrons. The fraction of sp³-hybridized carbons (Fsp3) is 0.471. The zero-order valence-electron chi connectivity index (χ0n) is 23.8. The van der Waals surface area contributed by atoms with Crippen LogP contribution in [0.4, 0.5) is 0 Å². The maximum absolute atomic E-state index is 13.0. The minimum Gasteiger partial charge on any atom is -0.493 e. The van der Waals surface area contributed by atoms with Gasteiger partial charge in [-0.1, -0.05) is 90.0 Å². The third-order valence-electron chi connectivity index (χ3n) is 7.19. The summed E-state index contributed by atoms with van der Waals surface area (Å²) in [5.74, 6) is 0.403. The van der Waals surface area contributed by atoms with E-state index in [4.69, 9.17) is 13.9 Å². The first-order valence-electron chi connectivity index (χ1n) is 14.7. The number of rotatable bonds is 18. The number of carbonyl (C=O) groups excluding carboxylic acids is 1. The number of benzene rings is 2. The Balaban J connectivity index is 1.37. The number of hydrogen-bond acceptors (Lipinski definition) is 5. The Morgan fingerprint density at radius 1 is 0.821 bits per heavy atom. The van der Waals surface area contributed by atoms with Gasteiger partial charge in [-0.2, -0.15) is 0 Å². The molecule has 0 amide bonds. The fourth-order valence-electron chi connectivity index (χ4n) is 4.98. The Morgan fingerprint density at radius 3 is 2.00 bits per heavy atom. The molecule has 3 aromatic rings. The van der Waals surface area contributed by atoms with Crippen molar-refractivity contribution >= 4 is 16.9 Å². The molecule has 0 aliphatic carbocycles. The largest absolute Gasteiger partial charge is 0.493 e. The van der Waals surface area contributed by atoms with E-state index in [9.17, 15) is 9.59 Å². The Hall–Kier alpha value is -3.34. The van der Waals surface area contributed by atoms with Crippen LogP contribution in [0.1, 0.15) is 89.2 Å². The molecule has 5 heteroatoms.